The van der Waals surface area contributed by atoms with Gasteiger partial charge in [0, 0.05) is 24.4 Å². The third-order valence-corrected chi connectivity index (χ3v) is 7.60. The van der Waals surface area contributed by atoms with Crippen molar-refractivity contribution in [2.24, 2.45) is 5.92 Å². The molecule has 1 aromatic carbocycles. The number of thioether (sulfide) groups is 1. The fraction of sp³-hybridized carbons (Fsp3) is 0.625. The van der Waals surface area contributed by atoms with E-state index in [1.54, 1.807) is 0 Å². The van der Waals surface area contributed by atoms with Crippen LogP contribution >= 0.6 is 11.8 Å². The number of nitro groups is 1. The van der Waals surface area contributed by atoms with E-state index >= 15 is 0 Å². The quantitative estimate of drug-likeness (QED) is 0.595. The topological polar surface area (TPSA) is 92.5 Å². The van der Waals surface area contributed by atoms with Crippen molar-refractivity contribution in [3.63, 3.8) is 0 Å². The lowest BCUT2D eigenvalue weighted by Gasteiger charge is -2.35. The lowest BCUT2D eigenvalue weighted by Crippen LogP contribution is -2.43. The molecule has 0 saturated carbocycles. The van der Waals surface area contributed by atoms with Crippen LogP contribution in [0.25, 0.3) is 0 Å². The number of nitrogens with zero attached hydrogens (tertiary/aromatic N) is 2. The number of piperidine rings is 1. The van der Waals surface area contributed by atoms with Gasteiger partial charge in [-0.3, -0.25) is 15.0 Å². The zero-order valence-corrected chi connectivity index (χ0v) is 15.6. The zero-order valence-electron chi connectivity index (χ0n) is 14.0. The highest BCUT2D eigenvalue weighted by molar-refractivity contribution is 7.99. The average Bonchev–Trinajstić information content (AvgIpc) is 3.15. The lowest BCUT2D eigenvalue weighted by atomic mass is 9.96. The summed E-state index contributed by atoms with van der Waals surface area (Å²) in [5, 5.41) is 11.0. The van der Waals surface area contributed by atoms with Crippen molar-refractivity contribution >= 4 is 27.5 Å². The number of nitro benzene ring substituents is 1. The van der Waals surface area contributed by atoms with Gasteiger partial charge in [0.1, 0.15) is 0 Å². The van der Waals surface area contributed by atoms with Gasteiger partial charge < -0.3 is 0 Å². The molecule has 1 atom stereocenters. The molecule has 7 nitrogen and oxygen atoms in total. The summed E-state index contributed by atoms with van der Waals surface area (Å²) in [5.41, 5.74) is -0.386. The molecule has 1 N–H and O–H groups in total. The Labute approximate surface area is 152 Å². The molecule has 2 aliphatic rings. The number of para-hydroxylation sites is 1. The first kappa shape index (κ1) is 18.6. The summed E-state index contributed by atoms with van der Waals surface area (Å²) in [6.07, 6.45) is 3.17. The van der Waals surface area contributed by atoms with Crippen LogP contribution in [0.5, 0.6) is 0 Å². The van der Waals surface area contributed by atoms with Gasteiger partial charge in [-0.25, -0.2) is 13.1 Å². The second-order valence-corrected chi connectivity index (χ2v) is 9.46. The van der Waals surface area contributed by atoms with E-state index in [0.717, 1.165) is 25.9 Å². The van der Waals surface area contributed by atoms with Gasteiger partial charge in [0.2, 0.25) is 10.0 Å². The number of nitrogens with one attached hydrogen (secondary N) is 1. The molecule has 1 unspecified atom stereocenters. The van der Waals surface area contributed by atoms with Crippen LogP contribution in [0.1, 0.15) is 19.3 Å². The van der Waals surface area contributed by atoms with E-state index in [1.165, 1.54) is 42.2 Å². The number of hydrogen-bond donors (Lipinski definition) is 1. The van der Waals surface area contributed by atoms with Crippen molar-refractivity contribution in [3.8, 4) is 0 Å². The van der Waals surface area contributed by atoms with Gasteiger partial charge in [0.15, 0.2) is 4.90 Å². The first-order valence-electron chi connectivity index (χ1n) is 8.52. The Kier molecular flexibility index (Phi) is 5.98. The van der Waals surface area contributed by atoms with Crippen molar-refractivity contribution in [1.82, 2.24) is 9.62 Å². The smallest absolute Gasteiger partial charge is 0.289 e. The highest BCUT2D eigenvalue weighted by Crippen LogP contribution is 2.27. The van der Waals surface area contributed by atoms with E-state index in [1.807, 2.05) is 11.8 Å². The second-order valence-electron chi connectivity index (χ2n) is 6.57. The largest absolute Gasteiger partial charge is 0.300 e. The number of benzene rings is 1. The minimum Gasteiger partial charge on any atom is -0.300 e. The Morgan fingerprint density at radius 2 is 1.96 bits per heavy atom. The molecule has 25 heavy (non-hydrogen) atoms. The van der Waals surface area contributed by atoms with Crippen LogP contribution in [0, 0.1) is 16.0 Å². The van der Waals surface area contributed by atoms with Gasteiger partial charge in [0.05, 0.1) is 4.92 Å². The molecule has 3 rings (SSSR count). The summed E-state index contributed by atoms with van der Waals surface area (Å²) in [4.78, 5) is 12.6. The van der Waals surface area contributed by atoms with Crippen molar-refractivity contribution < 1.29 is 13.3 Å². The highest BCUT2D eigenvalue weighted by Gasteiger charge is 2.29. The average molecular weight is 386 g/mol. The molecule has 2 aliphatic heterocycles. The van der Waals surface area contributed by atoms with Gasteiger partial charge in [0.25, 0.3) is 5.69 Å². The summed E-state index contributed by atoms with van der Waals surface area (Å²) in [5.74, 6) is 2.72. The molecular formula is C16H23N3O4S2. The molecule has 2 saturated heterocycles. The fourth-order valence-corrected chi connectivity index (χ4v) is 6.01. The molecule has 0 bridgehead atoms. The van der Waals surface area contributed by atoms with Crippen LogP contribution in [-0.2, 0) is 10.0 Å². The minimum absolute atomic E-state index is 0.264. The normalized spacial score (nSPS) is 23.0. The predicted octanol–water partition coefficient (Wildman–Crippen LogP) is 2.09. The number of likely N-dealkylation sites (tertiary alicyclic amines) is 1. The van der Waals surface area contributed by atoms with E-state index in [0.29, 0.717) is 12.6 Å². The van der Waals surface area contributed by atoms with Crippen LogP contribution in [0.2, 0.25) is 0 Å². The molecule has 9 heteroatoms. The molecule has 0 amide bonds. The summed E-state index contributed by atoms with van der Waals surface area (Å²) >= 11 is 2.00. The molecule has 0 radical (unpaired) electrons. The molecule has 0 spiro atoms. The standard InChI is InChI=1S/C16H23N3O4S2/c20-19(21)15-3-1-2-4-16(15)25(22,23)17-11-13-5-8-18(9-6-13)14-7-10-24-12-14/h1-4,13-14,17H,5-12H2. The highest BCUT2D eigenvalue weighted by atomic mass is 32.2. The third kappa shape index (κ3) is 4.52. The summed E-state index contributed by atoms with van der Waals surface area (Å²) in [7, 11) is -3.87. The second kappa shape index (κ2) is 8.03. The summed E-state index contributed by atoms with van der Waals surface area (Å²) in [6.45, 7) is 2.34. The molecule has 138 valence electrons. The van der Waals surface area contributed by atoms with E-state index in [2.05, 4.69) is 9.62 Å². The molecule has 0 aliphatic carbocycles. The molecule has 2 heterocycles. The Balaban J connectivity index is 1.56. The maximum atomic E-state index is 12.4. The van der Waals surface area contributed by atoms with Crippen molar-refractivity contribution in [2.45, 2.75) is 30.2 Å². The minimum atomic E-state index is -3.87. The van der Waals surface area contributed by atoms with Gasteiger partial charge in [-0.1, -0.05) is 12.1 Å². The number of hydrogen-bond acceptors (Lipinski definition) is 6. The van der Waals surface area contributed by atoms with E-state index in [4.69, 9.17) is 0 Å². The van der Waals surface area contributed by atoms with Crippen LogP contribution in [0.4, 0.5) is 5.69 Å². The third-order valence-electron chi connectivity index (χ3n) is 4.98. The summed E-state index contributed by atoms with van der Waals surface area (Å²) < 4.78 is 27.5. The number of sulfonamides is 1. The molecular weight excluding hydrogens is 362 g/mol. The van der Waals surface area contributed by atoms with Crippen LogP contribution in [0.3, 0.4) is 0 Å². The maximum Gasteiger partial charge on any atom is 0.289 e. The van der Waals surface area contributed by atoms with Crippen LogP contribution in [-0.4, -0.2) is 55.4 Å². The Morgan fingerprint density at radius 1 is 1.24 bits per heavy atom. The van der Waals surface area contributed by atoms with Gasteiger partial charge in [-0.2, -0.15) is 11.8 Å². The first-order valence-corrected chi connectivity index (χ1v) is 11.2. The predicted molar refractivity (Wildman–Crippen MR) is 98.3 cm³/mol. The summed E-state index contributed by atoms with van der Waals surface area (Å²) in [6, 6.07) is 6.14. The van der Waals surface area contributed by atoms with E-state index in [9.17, 15) is 18.5 Å². The fourth-order valence-electron chi connectivity index (χ4n) is 3.47. The molecule has 1 aromatic rings. The van der Waals surface area contributed by atoms with Gasteiger partial charge >= 0.3 is 0 Å². The first-order chi connectivity index (χ1) is 12.0. The van der Waals surface area contributed by atoms with Gasteiger partial charge in [-0.05, 0) is 50.1 Å². The van der Waals surface area contributed by atoms with Crippen molar-refractivity contribution in [2.75, 3.05) is 31.1 Å². The Bertz CT molecular complexity index is 712. The number of rotatable bonds is 6. The zero-order chi connectivity index (χ0) is 17.9. The van der Waals surface area contributed by atoms with Crippen LogP contribution in [0.15, 0.2) is 29.2 Å². The molecule has 0 aromatic heterocycles. The van der Waals surface area contributed by atoms with Gasteiger partial charge in [-0.15, -0.1) is 0 Å². The van der Waals surface area contributed by atoms with Crippen molar-refractivity contribution in [3.05, 3.63) is 34.4 Å². The lowest BCUT2D eigenvalue weighted by molar-refractivity contribution is -0.387. The van der Waals surface area contributed by atoms with E-state index < -0.39 is 14.9 Å². The molecule has 2 fully saturated rings. The SMILES string of the molecule is O=[N+]([O-])c1ccccc1S(=O)(=O)NCC1CCN(C2CCSC2)CC1. The monoisotopic (exact) mass is 385 g/mol. The van der Waals surface area contributed by atoms with E-state index in [-0.39, 0.29) is 16.5 Å². The maximum absolute atomic E-state index is 12.4. The Morgan fingerprint density at radius 3 is 2.60 bits per heavy atom. The van der Waals surface area contributed by atoms with Crippen LogP contribution < -0.4 is 4.72 Å². The van der Waals surface area contributed by atoms with Crippen molar-refractivity contribution in [1.29, 1.82) is 0 Å². The Hall–Kier alpha value is -1.16.